The van der Waals surface area contributed by atoms with Crippen molar-refractivity contribution in [3.63, 3.8) is 0 Å². The van der Waals surface area contributed by atoms with Crippen LogP contribution in [0.1, 0.15) is 83.0 Å². The Morgan fingerprint density at radius 1 is 0.446 bits per heavy atom. The van der Waals surface area contributed by atoms with Crippen LogP contribution in [0.3, 0.4) is 0 Å². The molecular formula is C56H50F10N2O6. The molecule has 18 heteroatoms. The zero-order valence-electron chi connectivity index (χ0n) is 39.5. The highest BCUT2D eigenvalue weighted by molar-refractivity contribution is 5.88. The molecule has 0 spiro atoms. The molecule has 0 atom stereocenters. The van der Waals surface area contributed by atoms with Crippen molar-refractivity contribution in [3.8, 4) is 22.6 Å². The highest BCUT2D eigenvalue weighted by atomic mass is 19.4. The lowest BCUT2D eigenvalue weighted by atomic mass is 9.95. The summed E-state index contributed by atoms with van der Waals surface area (Å²) in [5, 5.41) is 0. The Hall–Kier alpha value is -7.76. The Kier molecular flexibility index (Phi) is 18.6. The van der Waals surface area contributed by atoms with Gasteiger partial charge in [0.1, 0.15) is 24.7 Å². The molecule has 0 aliphatic carbocycles. The summed E-state index contributed by atoms with van der Waals surface area (Å²) in [5.41, 5.74) is 16.4. The second-order valence-corrected chi connectivity index (χ2v) is 17.1. The van der Waals surface area contributed by atoms with Gasteiger partial charge < -0.3 is 30.4 Å². The Bertz CT molecular complexity index is 2670. The normalized spacial score (nSPS) is 12.3. The number of halogens is 10. The van der Waals surface area contributed by atoms with Crippen LogP contribution in [0.4, 0.5) is 55.3 Å². The van der Waals surface area contributed by atoms with Gasteiger partial charge in [0.25, 0.3) is 0 Å². The number of anilines is 2. The second-order valence-electron chi connectivity index (χ2n) is 17.1. The molecule has 0 heterocycles. The van der Waals surface area contributed by atoms with E-state index >= 15 is 0 Å². The van der Waals surface area contributed by atoms with Crippen LogP contribution in [0, 0.1) is 0 Å². The second kappa shape index (κ2) is 24.8. The predicted octanol–water partition coefficient (Wildman–Crippen LogP) is 14.8. The predicted molar refractivity (Wildman–Crippen MR) is 260 cm³/mol. The topological polar surface area (TPSA) is 123 Å². The third kappa shape index (κ3) is 17.8. The summed E-state index contributed by atoms with van der Waals surface area (Å²) in [7, 11) is 0. The molecule has 8 nitrogen and oxygen atoms in total. The summed E-state index contributed by atoms with van der Waals surface area (Å²) in [6.07, 6.45) is -11.6. The summed E-state index contributed by atoms with van der Waals surface area (Å²) in [6, 6.07) is 31.2. The van der Waals surface area contributed by atoms with Crippen molar-refractivity contribution >= 4 is 35.5 Å². The third-order valence-corrected chi connectivity index (χ3v) is 11.3. The van der Waals surface area contributed by atoms with Crippen LogP contribution >= 0.6 is 0 Å². The lowest BCUT2D eigenvalue weighted by Gasteiger charge is -2.18. The van der Waals surface area contributed by atoms with E-state index < -0.39 is 60.5 Å². The van der Waals surface area contributed by atoms with Crippen LogP contribution < -0.4 is 20.9 Å². The number of aryl methyl sites for hydroxylation is 2. The van der Waals surface area contributed by atoms with E-state index in [0.717, 1.165) is 36.4 Å². The third-order valence-electron chi connectivity index (χ3n) is 11.3. The fourth-order valence-electron chi connectivity index (χ4n) is 7.46. The maximum Gasteiger partial charge on any atom is 0.426 e. The molecule has 0 unspecified atom stereocenters. The number of ether oxygens (including phenoxy) is 4. The van der Waals surface area contributed by atoms with Gasteiger partial charge in [0.2, 0.25) is 0 Å². The van der Waals surface area contributed by atoms with Crippen LogP contribution in [0.2, 0.25) is 0 Å². The molecule has 74 heavy (non-hydrogen) atoms. The SMILES string of the molecule is Nc1ccc(-c2ccc(N)cc2COC(=O)/C=C/c2ccc(OC(F)(F)c3ccc(CCCCC(F)(F)F)cc3)cc2)c(COC(=O)/C=C/c2ccc(OC(F)(F)c3ccc(CCCCC(F)(F)F)cc3)cc2)c1. The van der Waals surface area contributed by atoms with Crippen LogP contribution in [0.15, 0.2) is 146 Å². The summed E-state index contributed by atoms with van der Waals surface area (Å²) in [6.45, 7) is -0.463. The zero-order valence-corrected chi connectivity index (χ0v) is 39.5. The molecule has 4 N–H and O–H groups in total. The van der Waals surface area contributed by atoms with Gasteiger partial charge in [0, 0.05) is 36.4 Å². The maximum absolute atomic E-state index is 15.0. The Morgan fingerprint density at radius 3 is 1.14 bits per heavy atom. The van der Waals surface area contributed by atoms with E-state index in [1.54, 1.807) is 36.4 Å². The number of carbonyl (C=O) groups is 2. The molecule has 0 aliphatic heterocycles. The summed E-state index contributed by atoms with van der Waals surface area (Å²) in [4.78, 5) is 25.7. The standard InChI is InChI=1S/C56H50F10N2O6/c57-53(58,59)31-3-1-5-37-7-17-43(18-8-37)55(63,64)73-47-23-11-39(12-24-47)15-29-51(69)71-35-41-33-45(67)21-27-49(41)50-28-22-46(68)34-42(50)36-72-52(70)30-16-40-13-25-48(26-14-40)74-56(65,66)44-19-9-38(10-20-44)6-2-4-32-54(60,61)62/h7-30,33-34H,1-6,31-32,35-36,67-68H2/b29-15+,30-16+. The Balaban J connectivity index is 0.989. The van der Waals surface area contributed by atoms with Gasteiger partial charge in [-0.2, -0.15) is 43.9 Å². The molecular weight excluding hydrogens is 987 g/mol. The molecule has 6 aromatic rings. The Morgan fingerprint density at radius 2 is 0.797 bits per heavy atom. The van der Waals surface area contributed by atoms with Crippen molar-refractivity contribution in [1.29, 1.82) is 0 Å². The fraction of sp³-hybridized carbons (Fsp3) is 0.250. The summed E-state index contributed by atoms with van der Waals surface area (Å²) >= 11 is 0. The molecule has 390 valence electrons. The first-order valence-corrected chi connectivity index (χ1v) is 23.1. The zero-order chi connectivity index (χ0) is 53.5. The van der Waals surface area contributed by atoms with E-state index in [2.05, 4.69) is 0 Å². The molecule has 6 aromatic carbocycles. The van der Waals surface area contributed by atoms with Crippen molar-refractivity contribution in [2.45, 2.75) is 89.2 Å². The first-order valence-electron chi connectivity index (χ1n) is 23.1. The first-order chi connectivity index (χ1) is 35.0. The molecule has 0 fully saturated rings. The molecule has 0 aromatic heterocycles. The van der Waals surface area contributed by atoms with Gasteiger partial charge in [0.05, 0.1) is 11.1 Å². The number of hydrogen-bond acceptors (Lipinski definition) is 8. The summed E-state index contributed by atoms with van der Waals surface area (Å²) in [5.74, 6) is -1.81. The number of nitrogen functional groups attached to an aromatic ring is 2. The van der Waals surface area contributed by atoms with E-state index in [-0.39, 0.29) is 50.4 Å². The minimum Gasteiger partial charge on any atom is -0.458 e. The number of carbonyl (C=O) groups excluding carboxylic acids is 2. The van der Waals surface area contributed by atoms with Gasteiger partial charge in [-0.25, -0.2) is 9.59 Å². The first kappa shape index (κ1) is 55.6. The quantitative estimate of drug-likeness (QED) is 0.0214. The minimum atomic E-state index is -4.24. The minimum absolute atomic E-state index is 0.0621. The molecule has 0 radical (unpaired) electrons. The van der Waals surface area contributed by atoms with Crippen molar-refractivity contribution in [3.05, 3.63) is 190 Å². The van der Waals surface area contributed by atoms with Gasteiger partial charge in [-0.05, 0) is 168 Å². The monoisotopic (exact) mass is 1040 g/mol. The molecule has 0 saturated carbocycles. The highest BCUT2D eigenvalue weighted by Gasteiger charge is 2.36. The Labute approximate surface area is 420 Å². The van der Waals surface area contributed by atoms with Gasteiger partial charge in [0.15, 0.2) is 0 Å². The number of nitrogens with two attached hydrogens (primary N) is 2. The van der Waals surface area contributed by atoms with E-state index in [0.29, 0.717) is 68.7 Å². The van der Waals surface area contributed by atoms with Crippen molar-refractivity contribution in [2.24, 2.45) is 0 Å². The van der Waals surface area contributed by atoms with E-state index in [9.17, 15) is 53.5 Å². The lowest BCUT2D eigenvalue weighted by molar-refractivity contribution is -0.186. The largest absolute Gasteiger partial charge is 0.458 e. The number of benzene rings is 6. The van der Waals surface area contributed by atoms with Crippen molar-refractivity contribution in [1.82, 2.24) is 0 Å². The van der Waals surface area contributed by atoms with Crippen LogP contribution in [0.5, 0.6) is 11.5 Å². The summed E-state index contributed by atoms with van der Waals surface area (Å²) < 4.78 is 155. The van der Waals surface area contributed by atoms with Crippen LogP contribution in [0.25, 0.3) is 23.3 Å². The average molecular weight is 1040 g/mol. The van der Waals surface area contributed by atoms with Crippen molar-refractivity contribution in [2.75, 3.05) is 11.5 Å². The van der Waals surface area contributed by atoms with Crippen molar-refractivity contribution < 1.29 is 72.4 Å². The average Bonchev–Trinajstić information content (AvgIpc) is 3.34. The molecule has 6 rings (SSSR count). The lowest BCUT2D eigenvalue weighted by Crippen LogP contribution is -2.21. The van der Waals surface area contributed by atoms with Gasteiger partial charge in [-0.3, -0.25) is 0 Å². The maximum atomic E-state index is 15.0. The number of unbranched alkanes of at least 4 members (excludes halogenated alkanes) is 2. The van der Waals surface area contributed by atoms with E-state index in [1.165, 1.54) is 84.9 Å². The smallest absolute Gasteiger partial charge is 0.426 e. The van der Waals surface area contributed by atoms with Crippen LogP contribution in [-0.2, 0) is 57.3 Å². The molecule has 0 bridgehead atoms. The number of hydrogen-bond donors (Lipinski definition) is 2. The molecule has 0 aliphatic rings. The molecule has 0 saturated heterocycles. The number of esters is 2. The molecule has 0 amide bonds. The van der Waals surface area contributed by atoms with Gasteiger partial charge in [-0.1, -0.05) is 60.7 Å². The number of alkyl halides is 10. The van der Waals surface area contributed by atoms with E-state index in [4.69, 9.17) is 30.4 Å². The number of rotatable bonds is 23. The van der Waals surface area contributed by atoms with Crippen LogP contribution in [-0.4, -0.2) is 24.3 Å². The van der Waals surface area contributed by atoms with Gasteiger partial charge >= 0.3 is 36.5 Å². The highest BCUT2D eigenvalue weighted by Crippen LogP contribution is 2.35. The van der Waals surface area contributed by atoms with E-state index in [1.807, 2.05) is 0 Å². The van der Waals surface area contributed by atoms with Gasteiger partial charge in [-0.15, -0.1) is 0 Å². The fourth-order valence-corrected chi connectivity index (χ4v) is 7.46.